The molecular formula is C18H24ClNO3. The third kappa shape index (κ3) is 6.22. The van der Waals surface area contributed by atoms with Gasteiger partial charge in [0.25, 0.3) is 5.91 Å². The average Bonchev–Trinajstić information content (AvgIpc) is 2.54. The van der Waals surface area contributed by atoms with E-state index in [-0.39, 0.29) is 18.5 Å². The molecule has 1 N–H and O–H groups in total. The lowest BCUT2D eigenvalue weighted by atomic mass is 9.86. The normalized spacial score (nSPS) is 15.2. The Morgan fingerprint density at radius 3 is 2.70 bits per heavy atom. The van der Waals surface area contributed by atoms with Crippen LogP contribution in [0.4, 0.5) is 5.69 Å². The molecule has 0 aromatic heterocycles. The second-order valence-electron chi connectivity index (χ2n) is 6.23. The van der Waals surface area contributed by atoms with Gasteiger partial charge in [0.2, 0.25) is 0 Å². The largest absolute Gasteiger partial charge is 0.456 e. The maximum atomic E-state index is 11.8. The van der Waals surface area contributed by atoms with E-state index in [0.717, 1.165) is 12.0 Å². The van der Waals surface area contributed by atoms with E-state index in [0.29, 0.717) is 23.0 Å². The van der Waals surface area contributed by atoms with E-state index < -0.39 is 0 Å². The van der Waals surface area contributed by atoms with Gasteiger partial charge >= 0.3 is 5.97 Å². The summed E-state index contributed by atoms with van der Waals surface area (Å²) in [5.41, 5.74) is 1.54. The van der Waals surface area contributed by atoms with Gasteiger partial charge in [-0.25, -0.2) is 0 Å². The van der Waals surface area contributed by atoms with Crippen LogP contribution in [-0.2, 0) is 14.3 Å². The van der Waals surface area contributed by atoms with Crippen LogP contribution in [0.25, 0.3) is 0 Å². The molecule has 1 fully saturated rings. The van der Waals surface area contributed by atoms with Crippen LogP contribution in [0.1, 0.15) is 50.5 Å². The van der Waals surface area contributed by atoms with Crippen molar-refractivity contribution < 1.29 is 14.3 Å². The van der Waals surface area contributed by atoms with E-state index in [1.807, 2.05) is 13.0 Å². The highest BCUT2D eigenvalue weighted by molar-refractivity contribution is 6.33. The first-order valence-corrected chi connectivity index (χ1v) is 8.64. The summed E-state index contributed by atoms with van der Waals surface area (Å²) in [6.45, 7) is 1.65. The fourth-order valence-corrected chi connectivity index (χ4v) is 3.21. The van der Waals surface area contributed by atoms with Crippen LogP contribution in [0.2, 0.25) is 5.02 Å². The summed E-state index contributed by atoms with van der Waals surface area (Å²) in [5, 5.41) is 3.12. The third-order valence-corrected chi connectivity index (χ3v) is 4.56. The Morgan fingerprint density at radius 1 is 1.26 bits per heavy atom. The topological polar surface area (TPSA) is 55.4 Å². The first-order valence-electron chi connectivity index (χ1n) is 8.26. The molecule has 1 aliphatic rings. The van der Waals surface area contributed by atoms with Crippen LogP contribution < -0.4 is 5.32 Å². The molecule has 126 valence electrons. The quantitative estimate of drug-likeness (QED) is 0.778. The third-order valence-electron chi connectivity index (χ3n) is 4.24. The van der Waals surface area contributed by atoms with E-state index in [1.165, 1.54) is 32.1 Å². The molecule has 23 heavy (non-hydrogen) atoms. The molecular weight excluding hydrogens is 314 g/mol. The van der Waals surface area contributed by atoms with Crippen molar-refractivity contribution >= 4 is 29.2 Å². The molecule has 1 aliphatic carbocycles. The molecule has 1 amide bonds. The Kier molecular flexibility index (Phi) is 6.90. The molecule has 0 atom stereocenters. The van der Waals surface area contributed by atoms with Crippen LogP contribution >= 0.6 is 11.6 Å². The van der Waals surface area contributed by atoms with E-state index in [9.17, 15) is 9.59 Å². The highest BCUT2D eigenvalue weighted by atomic mass is 35.5. The van der Waals surface area contributed by atoms with Crippen molar-refractivity contribution in [3.63, 3.8) is 0 Å². The molecule has 0 aliphatic heterocycles. The Bertz CT molecular complexity index is 553. The van der Waals surface area contributed by atoms with Gasteiger partial charge in [0.1, 0.15) is 0 Å². The van der Waals surface area contributed by atoms with Crippen LogP contribution in [0.5, 0.6) is 0 Å². The molecule has 1 aromatic carbocycles. The van der Waals surface area contributed by atoms with E-state index in [2.05, 4.69) is 5.32 Å². The van der Waals surface area contributed by atoms with Crippen LogP contribution in [-0.4, -0.2) is 18.5 Å². The summed E-state index contributed by atoms with van der Waals surface area (Å²) >= 11 is 6.05. The first-order chi connectivity index (χ1) is 11.0. The van der Waals surface area contributed by atoms with Crippen molar-refractivity contribution in [2.75, 3.05) is 11.9 Å². The highest BCUT2D eigenvalue weighted by Gasteiger charge is 2.16. The molecule has 0 unspecified atom stereocenters. The Hall–Kier alpha value is -1.55. The SMILES string of the molecule is Cc1ccc(NC(=O)COC(=O)CCC2CCCCC2)c(Cl)c1. The second-order valence-corrected chi connectivity index (χ2v) is 6.64. The molecule has 0 heterocycles. The van der Waals surface area contributed by atoms with Gasteiger partial charge in [-0.1, -0.05) is 49.8 Å². The van der Waals surface area contributed by atoms with E-state index >= 15 is 0 Å². The average molecular weight is 338 g/mol. The zero-order chi connectivity index (χ0) is 16.7. The van der Waals surface area contributed by atoms with Crippen molar-refractivity contribution in [2.24, 2.45) is 5.92 Å². The number of benzene rings is 1. The van der Waals surface area contributed by atoms with Gasteiger partial charge < -0.3 is 10.1 Å². The van der Waals surface area contributed by atoms with Gasteiger partial charge in [0.15, 0.2) is 6.61 Å². The van der Waals surface area contributed by atoms with Crippen LogP contribution in [0.15, 0.2) is 18.2 Å². The Labute approximate surface area is 142 Å². The molecule has 1 aromatic rings. The molecule has 5 heteroatoms. The molecule has 1 saturated carbocycles. The van der Waals surface area contributed by atoms with E-state index in [4.69, 9.17) is 16.3 Å². The minimum absolute atomic E-state index is 0.270. The van der Waals surface area contributed by atoms with E-state index in [1.54, 1.807) is 12.1 Å². The zero-order valence-electron chi connectivity index (χ0n) is 13.6. The molecule has 0 radical (unpaired) electrons. The highest BCUT2D eigenvalue weighted by Crippen LogP contribution is 2.27. The standard InChI is InChI=1S/C18H24ClNO3/c1-13-7-9-16(15(19)11-13)20-17(21)12-23-18(22)10-8-14-5-3-2-4-6-14/h7,9,11,14H,2-6,8,10,12H2,1H3,(H,20,21). The van der Waals surface area contributed by atoms with Crippen molar-refractivity contribution in [3.8, 4) is 0 Å². The minimum atomic E-state index is -0.373. The fraction of sp³-hybridized carbons (Fsp3) is 0.556. The van der Waals surface area contributed by atoms with Gasteiger partial charge in [-0.15, -0.1) is 0 Å². The predicted molar refractivity (Wildman–Crippen MR) is 91.6 cm³/mol. The lowest BCUT2D eigenvalue weighted by molar-refractivity contribution is -0.147. The summed E-state index contributed by atoms with van der Waals surface area (Å²) < 4.78 is 5.04. The summed E-state index contributed by atoms with van der Waals surface area (Å²) in [6, 6.07) is 5.37. The van der Waals surface area contributed by atoms with Crippen molar-refractivity contribution in [2.45, 2.75) is 51.9 Å². The maximum absolute atomic E-state index is 11.8. The summed E-state index contributed by atoms with van der Waals surface area (Å²) in [5.74, 6) is -0.0426. The first kappa shape index (κ1) is 17.8. The number of hydrogen-bond acceptors (Lipinski definition) is 3. The number of hydrogen-bond donors (Lipinski definition) is 1. The summed E-state index contributed by atoms with van der Waals surface area (Å²) in [7, 11) is 0. The number of carbonyl (C=O) groups is 2. The number of carbonyl (C=O) groups excluding carboxylic acids is 2. The summed E-state index contributed by atoms with van der Waals surface area (Å²) in [4.78, 5) is 23.5. The molecule has 0 bridgehead atoms. The number of aryl methyl sites for hydroxylation is 1. The van der Waals surface area contributed by atoms with Gasteiger partial charge in [-0.3, -0.25) is 9.59 Å². The second kappa shape index (κ2) is 8.92. The maximum Gasteiger partial charge on any atom is 0.306 e. The smallest absolute Gasteiger partial charge is 0.306 e. The van der Waals surface area contributed by atoms with Gasteiger partial charge in [-0.05, 0) is 37.0 Å². The number of halogens is 1. The Balaban J connectivity index is 1.68. The summed E-state index contributed by atoms with van der Waals surface area (Å²) in [6.07, 6.45) is 7.51. The van der Waals surface area contributed by atoms with Gasteiger partial charge in [-0.2, -0.15) is 0 Å². The van der Waals surface area contributed by atoms with Crippen LogP contribution in [0, 0.1) is 12.8 Å². The molecule has 4 nitrogen and oxygen atoms in total. The lowest BCUT2D eigenvalue weighted by Crippen LogP contribution is -2.21. The minimum Gasteiger partial charge on any atom is -0.456 e. The molecule has 0 saturated heterocycles. The number of amides is 1. The number of esters is 1. The van der Waals surface area contributed by atoms with Crippen molar-refractivity contribution in [1.29, 1.82) is 0 Å². The predicted octanol–water partition coefficient (Wildman–Crippen LogP) is 4.49. The Morgan fingerprint density at radius 2 is 2.00 bits per heavy atom. The fourth-order valence-electron chi connectivity index (χ4n) is 2.92. The molecule has 2 rings (SSSR count). The van der Waals surface area contributed by atoms with Crippen molar-refractivity contribution in [1.82, 2.24) is 0 Å². The number of ether oxygens (including phenoxy) is 1. The lowest BCUT2D eigenvalue weighted by Gasteiger charge is -2.20. The number of anilines is 1. The van der Waals surface area contributed by atoms with Gasteiger partial charge in [0.05, 0.1) is 10.7 Å². The monoisotopic (exact) mass is 337 g/mol. The van der Waals surface area contributed by atoms with Gasteiger partial charge in [0, 0.05) is 6.42 Å². The zero-order valence-corrected chi connectivity index (χ0v) is 14.3. The number of rotatable bonds is 6. The molecule has 0 spiro atoms. The number of nitrogens with one attached hydrogen (secondary N) is 1. The van der Waals surface area contributed by atoms with Crippen LogP contribution in [0.3, 0.4) is 0 Å². The van der Waals surface area contributed by atoms with Crippen molar-refractivity contribution in [3.05, 3.63) is 28.8 Å².